The SMILES string of the molecule is CCCCC(C(=O)OC)C(=O)c1ncccn1. The average Bonchev–Trinajstić information content (AvgIpc) is 2.39. The second-order valence-electron chi connectivity index (χ2n) is 3.65. The third kappa shape index (κ3) is 3.62. The number of rotatable bonds is 6. The van der Waals surface area contributed by atoms with E-state index in [1.54, 1.807) is 6.07 Å². The van der Waals surface area contributed by atoms with E-state index in [1.165, 1.54) is 19.5 Å². The first-order chi connectivity index (χ1) is 8.20. The second-order valence-corrected chi connectivity index (χ2v) is 3.65. The van der Waals surface area contributed by atoms with Gasteiger partial charge in [0.2, 0.25) is 5.78 Å². The van der Waals surface area contributed by atoms with Gasteiger partial charge in [-0.15, -0.1) is 0 Å². The molecule has 0 aliphatic carbocycles. The molecule has 5 heteroatoms. The summed E-state index contributed by atoms with van der Waals surface area (Å²) in [5, 5.41) is 0. The van der Waals surface area contributed by atoms with Crippen molar-refractivity contribution in [1.82, 2.24) is 9.97 Å². The molecule has 0 aliphatic heterocycles. The number of Topliss-reactive ketones (excluding diaryl/α,β-unsaturated/α-hetero) is 1. The maximum absolute atomic E-state index is 12.0. The van der Waals surface area contributed by atoms with E-state index in [9.17, 15) is 9.59 Å². The van der Waals surface area contributed by atoms with Crippen LogP contribution in [-0.2, 0) is 9.53 Å². The summed E-state index contributed by atoms with van der Waals surface area (Å²) < 4.78 is 4.64. The van der Waals surface area contributed by atoms with E-state index >= 15 is 0 Å². The molecule has 0 radical (unpaired) electrons. The van der Waals surface area contributed by atoms with Crippen molar-refractivity contribution in [1.29, 1.82) is 0 Å². The van der Waals surface area contributed by atoms with Crippen LogP contribution in [0.3, 0.4) is 0 Å². The third-order valence-corrected chi connectivity index (χ3v) is 2.43. The van der Waals surface area contributed by atoms with Gasteiger partial charge in [-0.2, -0.15) is 0 Å². The molecule has 0 spiro atoms. The number of aromatic nitrogens is 2. The van der Waals surface area contributed by atoms with Gasteiger partial charge in [-0.25, -0.2) is 9.97 Å². The van der Waals surface area contributed by atoms with Crippen molar-refractivity contribution in [3.05, 3.63) is 24.3 Å². The van der Waals surface area contributed by atoms with Crippen LogP contribution < -0.4 is 0 Å². The Morgan fingerprint density at radius 1 is 1.35 bits per heavy atom. The highest BCUT2D eigenvalue weighted by atomic mass is 16.5. The maximum atomic E-state index is 12.0. The lowest BCUT2D eigenvalue weighted by molar-refractivity contribution is -0.143. The number of nitrogens with zero attached hydrogens (tertiary/aromatic N) is 2. The topological polar surface area (TPSA) is 69.2 Å². The molecule has 0 fully saturated rings. The summed E-state index contributed by atoms with van der Waals surface area (Å²) in [6.07, 6.45) is 5.14. The number of hydrogen-bond donors (Lipinski definition) is 0. The first-order valence-corrected chi connectivity index (χ1v) is 5.59. The van der Waals surface area contributed by atoms with Crippen molar-refractivity contribution in [3.63, 3.8) is 0 Å². The van der Waals surface area contributed by atoms with Gasteiger partial charge in [-0.3, -0.25) is 9.59 Å². The Morgan fingerprint density at radius 3 is 2.53 bits per heavy atom. The van der Waals surface area contributed by atoms with Gasteiger partial charge in [0.1, 0.15) is 5.92 Å². The molecule has 0 amide bonds. The van der Waals surface area contributed by atoms with Gasteiger partial charge in [-0.1, -0.05) is 19.8 Å². The van der Waals surface area contributed by atoms with Crippen LogP contribution >= 0.6 is 0 Å². The summed E-state index contributed by atoms with van der Waals surface area (Å²) in [5.41, 5.74) is 0. The summed E-state index contributed by atoms with van der Waals surface area (Å²) in [6.45, 7) is 2.00. The number of esters is 1. The Hall–Kier alpha value is -1.78. The van der Waals surface area contributed by atoms with Gasteiger partial charge in [0.05, 0.1) is 7.11 Å². The van der Waals surface area contributed by atoms with Crippen LogP contribution in [0, 0.1) is 5.92 Å². The highest BCUT2D eigenvalue weighted by molar-refractivity contribution is 6.06. The van der Waals surface area contributed by atoms with E-state index < -0.39 is 11.9 Å². The largest absolute Gasteiger partial charge is 0.468 e. The summed E-state index contributed by atoms with van der Waals surface area (Å²) in [6, 6.07) is 1.62. The Morgan fingerprint density at radius 2 is 2.00 bits per heavy atom. The van der Waals surface area contributed by atoms with E-state index in [2.05, 4.69) is 14.7 Å². The Bertz CT molecular complexity index is 379. The zero-order valence-corrected chi connectivity index (χ0v) is 10.0. The molecule has 17 heavy (non-hydrogen) atoms. The van der Waals surface area contributed by atoms with Gasteiger partial charge in [-0.05, 0) is 12.5 Å². The van der Waals surface area contributed by atoms with Crippen LogP contribution in [0.4, 0.5) is 0 Å². The zero-order chi connectivity index (χ0) is 12.7. The van der Waals surface area contributed by atoms with E-state index in [0.717, 1.165) is 12.8 Å². The Balaban J connectivity index is 2.83. The molecular weight excluding hydrogens is 220 g/mol. The molecular formula is C12H16N2O3. The van der Waals surface area contributed by atoms with Crippen LogP contribution in [0.2, 0.25) is 0 Å². The molecule has 1 atom stereocenters. The number of unbranched alkanes of at least 4 members (excludes halogenated alkanes) is 1. The van der Waals surface area contributed by atoms with Crippen molar-refractivity contribution in [2.75, 3.05) is 7.11 Å². The van der Waals surface area contributed by atoms with Crippen molar-refractivity contribution in [2.24, 2.45) is 5.92 Å². The predicted octanol–water partition coefficient (Wildman–Crippen LogP) is 1.64. The summed E-state index contributed by atoms with van der Waals surface area (Å²) in [7, 11) is 1.28. The number of methoxy groups -OCH3 is 1. The molecule has 1 rings (SSSR count). The lowest BCUT2D eigenvalue weighted by Crippen LogP contribution is -2.26. The molecule has 0 aliphatic rings. The summed E-state index contributed by atoms with van der Waals surface area (Å²) in [4.78, 5) is 31.3. The maximum Gasteiger partial charge on any atom is 0.316 e. The number of ketones is 1. The van der Waals surface area contributed by atoms with Crippen molar-refractivity contribution >= 4 is 11.8 Å². The minimum Gasteiger partial charge on any atom is -0.468 e. The lowest BCUT2D eigenvalue weighted by atomic mass is 9.97. The Kier molecular flexibility index (Phi) is 5.26. The normalized spacial score (nSPS) is 11.9. The summed E-state index contributed by atoms with van der Waals surface area (Å²) >= 11 is 0. The standard InChI is InChI=1S/C12H16N2O3/c1-3-4-6-9(12(16)17-2)10(15)11-13-7-5-8-14-11/h5,7-9H,3-4,6H2,1-2H3. The monoisotopic (exact) mass is 236 g/mol. The average molecular weight is 236 g/mol. The van der Waals surface area contributed by atoms with Gasteiger partial charge < -0.3 is 4.74 Å². The Labute approximate surface area is 100 Å². The van der Waals surface area contributed by atoms with Gasteiger partial charge in [0.15, 0.2) is 5.82 Å². The molecule has 92 valence electrons. The van der Waals surface area contributed by atoms with Gasteiger partial charge in [0.25, 0.3) is 0 Å². The van der Waals surface area contributed by atoms with E-state index in [-0.39, 0.29) is 11.6 Å². The molecule has 1 aromatic heterocycles. The number of hydrogen-bond acceptors (Lipinski definition) is 5. The fraction of sp³-hybridized carbons (Fsp3) is 0.500. The molecule has 0 N–H and O–H groups in total. The third-order valence-electron chi connectivity index (χ3n) is 2.43. The number of carbonyl (C=O) groups excluding carboxylic acids is 2. The molecule has 0 aromatic carbocycles. The van der Waals surface area contributed by atoms with E-state index in [4.69, 9.17) is 0 Å². The number of carbonyl (C=O) groups is 2. The fourth-order valence-electron chi connectivity index (χ4n) is 1.49. The molecule has 0 saturated heterocycles. The van der Waals surface area contributed by atoms with E-state index in [1.807, 2.05) is 6.92 Å². The number of ether oxygens (including phenoxy) is 1. The van der Waals surface area contributed by atoms with E-state index in [0.29, 0.717) is 6.42 Å². The minimum atomic E-state index is -0.789. The van der Waals surface area contributed by atoms with Crippen molar-refractivity contribution < 1.29 is 14.3 Å². The van der Waals surface area contributed by atoms with Crippen LogP contribution in [-0.4, -0.2) is 28.8 Å². The zero-order valence-electron chi connectivity index (χ0n) is 10.0. The smallest absolute Gasteiger partial charge is 0.316 e. The highest BCUT2D eigenvalue weighted by Crippen LogP contribution is 2.14. The van der Waals surface area contributed by atoms with Crippen LogP contribution in [0.1, 0.15) is 36.8 Å². The molecule has 5 nitrogen and oxygen atoms in total. The molecule has 1 aromatic rings. The van der Waals surface area contributed by atoms with Crippen LogP contribution in [0.15, 0.2) is 18.5 Å². The van der Waals surface area contributed by atoms with Gasteiger partial charge >= 0.3 is 5.97 Å². The molecule has 1 heterocycles. The first-order valence-electron chi connectivity index (χ1n) is 5.59. The van der Waals surface area contributed by atoms with Crippen LogP contribution in [0.5, 0.6) is 0 Å². The molecule has 1 unspecified atom stereocenters. The lowest BCUT2D eigenvalue weighted by Gasteiger charge is -2.11. The molecule has 0 bridgehead atoms. The van der Waals surface area contributed by atoms with Gasteiger partial charge in [0, 0.05) is 12.4 Å². The second kappa shape index (κ2) is 6.73. The first kappa shape index (κ1) is 13.3. The molecule has 0 saturated carbocycles. The van der Waals surface area contributed by atoms with Crippen molar-refractivity contribution in [2.45, 2.75) is 26.2 Å². The quantitative estimate of drug-likeness (QED) is 0.426. The predicted molar refractivity (Wildman–Crippen MR) is 61.4 cm³/mol. The highest BCUT2D eigenvalue weighted by Gasteiger charge is 2.29. The van der Waals surface area contributed by atoms with Crippen molar-refractivity contribution in [3.8, 4) is 0 Å². The summed E-state index contributed by atoms with van der Waals surface area (Å²) in [5.74, 6) is -1.61. The minimum absolute atomic E-state index is 0.0685. The fourth-order valence-corrected chi connectivity index (χ4v) is 1.49. The van der Waals surface area contributed by atoms with Crippen LogP contribution in [0.25, 0.3) is 0 Å².